The van der Waals surface area contributed by atoms with Gasteiger partial charge in [-0.2, -0.15) is 0 Å². The summed E-state index contributed by atoms with van der Waals surface area (Å²) in [7, 11) is 1.54. The first-order valence-electron chi connectivity index (χ1n) is 8.78. The van der Waals surface area contributed by atoms with Crippen LogP contribution in [0.15, 0.2) is 54.6 Å². The van der Waals surface area contributed by atoms with Gasteiger partial charge >= 0.3 is 5.97 Å². The van der Waals surface area contributed by atoms with Crippen LogP contribution < -0.4 is 4.74 Å². The van der Waals surface area contributed by atoms with Crippen molar-refractivity contribution in [1.82, 2.24) is 4.90 Å². The second-order valence-electron chi connectivity index (χ2n) is 6.23. The Morgan fingerprint density at radius 2 is 1.74 bits per heavy atom. The van der Waals surface area contributed by atoms with E-state index < -0.39 is 29.6 Å². The van der Waals surface area contributed by atoms with Crippen LogP contribution in [0.25, 0.3) is 0 Å². The molecule has 2 atom stereocenters. The second kappa shape index (κ2) is 8.03. The normalized spacial score (nSPS) is 19.0. The molecule has 0 radical (unpaired) electrons. The number of nitrogens with zero attached hydrogens (tertiary/aromatic N) is 1. The third kappa shape index (κ3) is 3.69. The Balaban J connectivity index is 1.91. The van der Waals surface area contributed by atoms with Crippen molar-refractivity contribution in [3.63, 3.8) is 0 Å². The molecule has 0 aromatic heterocycles. The number of hydrogen-bond acceptors (Lipinski definition) is 5. The van der Waals surface area contributed by atoms with Crippen LogP contribution in [0.5, 0.6) is 5.75 Å². The van der Waals surface area contributed by atoms with Crippen LogP contribution >= 0.6 is 0 Å². The van der Waals surface area contributed by atoms with Gasteiger partial charge in [0.2, 0.25) is 5.91 Å². The van der Waals surface area contributed by atoms with Gasteiger partial charge in [0.15, 0.2) is 0 Å². The summed E-state index contributed by atoms with van der Waals surface area (Å²) in [6.45, 7) is 2.00. The second-order valence-corrected chi connectivity index (χ2v) is 6.23. The van der Waals surface area contributed by atoms with Gasteiger partial charge in [-0.25, -0.2) is 0 Å². The number of hydrogen-bond donors (Lipinski definition) is 0. The Bertz CT molecular complexity index is 831. The lowest BCUT2D eigenvalue weighted by molar-refractivity contribution is -0.152. The van der Waals surface area contributed by atoms with Crippen molar-refractivity contribution in [2.75, 3.05) is 20.3 Å². The molecule has 3 rings (SSSR count). The van der Waals surface area contributed by atoms with Crippen LogP contribution in [-0.4, -0.2) is 42.9 Å². The highest BCUT2D eigenvalue weighted by atomic mass is 16.5. The predicted molar refractivity (Wildman–Crippen MR) is 98.3 cm³/mol. The van der Waals surface area contributed by atoms with Crippen LogP contribution in [0.2, 0.25) is 0 Å². The largest absolute Gasteiger partial charge is 0.497 e. The monoisotopic (exact) mass is 367 g/mol. The van der Waals surface area contributed by atoms with E-state index in [-0.39, 0.29) is 13.2 Å². The van der Waals surface area contributed by atoms with Gasteiger partial charge in [0.05, 0.1) is 13.7 Å². The van der Waals surface area contributed by atoms with Crippen LogP contribution in [0, 0.1) is 5.92 Å². The Kier molecular flexibility index (Phi) is 5.54. The zero-order valence-corrected chi connectivity index (χ0v) is 15.3. The summed E-state index contributed by atoms with van der Waals surface area (Å²) in [5.74, 6) is -2.39. The Labute approximate surface area is 157 Å². The van der Waals surface area contributed by atoms with Crippen LogP contribution in [0.4, 0.5) is 0 Å². The number of ether oxygens (including phenoxy) is 2. The molecule has 27 heavy (non-hydrogen) atoms. The molecule has 0 unspecified atom stereocenters. The minimum atomic E-state index is -1.02. The minimum Gasteiger partial charge on any atom is -0.497 e. The highest BCUT2D eigenvalue weighted by Crippen LogP contribution is 2.35. The molecule has 2 amide bonds. The number of esters is 1. The first-order chi connectivity index (χ1) is 13.1. The number of likely N-dealkylation sites (tertiary alicyclic amines) is 1. The average Bonchev–Trinajstić information content (AvgIpc) is 3.05. The van der Waals surface area contributed by atoms with Gasteiger partial charge in [-0.3, -0.25) is 19.3 Å². The fourth-order valence-corrected chi connectivity index (χ4v) is 3.30. The first-order valence-corrected chi connectivity index (χ1v) is 8.78. The van der Waals surface area contributed by atoms with E-state index in [4.69, 9.17) is 9.47 Å². The van der Waals surface area contributed by atoms with Gasteiger partial charge in [0.25, 0.3) is 5.91 Å². The maximum atomic E-state index is 12.9. The number of methoxy groups -OCH3 is 1. The Morgan fingerprint density at radius 3 is 2.33 bits per heavy atom. The lowest BCUT2D eigenvalue weighted by atomic mass is 9.89. The van der Waals surface area contributed by atoms with Crippen molar-refractivity contribution in [1.29, 1.82) is 0 Å². The van der Waals surface area contributed by atoms with E-state index in [1.165, 1.54) is 7.11 Å². The van der Waals surface area contributed by atoms with Crippen molar-refractivity contribution >= 4 is 17.8 Å². The molecule has 1 saturated heterocycles. The summed E-state index contributed by atoms with van der Waals surface area (Å²) < 4.78 is 10.2. The quantitative estimate of drug-likeness (QED) is 0.461. The molecule has 6 nitrogen and oxygen atoms in total. The summed E-state index contributed by atoms with van der Waals surface area (Å²) >= 11 is 0. The van der Waals surface area contributed by atoms with Crippen molar-refractivity contribution in [2.24, 2.45) is 5.92 Å². The molecule has 1 fully saturated rings. The minimum absolute atomic E-state index is 0.136. The third-order valence-electron chi connectivity index (χ3n) is 4.66. The summed E-state index contributed by atoms with van der Waals surface area (Å²) in [5, 5.41) is 0. The molecule has 0 spiro atoms. The number of amides is 2. The van der Waals surface area contributed by atoms with Crippen molar-refractivity contribution in [3.05, 3.63) is 65.7 Å². The van der Waals surface area contributed by atoms with Crippen molar-refractivity contribution < 1.29 is 23.9 Å². The first kappa shape index (κ1) is 18.6. The zero-order valence-electron chi connectivity index (χ0n) is 15.3. The van der Waals surface area contributed by atoms with E-state index in [0.717, 1.165) is 10.5 Å². The van der Waals surface area contributed by atoms with Crippen molar-refractivity contribution in [2.45, 2.75) is 12.8 Å². The molecule has 0 saturated carbocycles. The maximum Gasteiger partial charge on any atom is 0.319 e. The lowest BCUT2D eigenvalue weighted by Crippen LogP contribution is -2.36. The fourth-order valence-electron chi connectivity index (χ4n) is 3.30. The molecule has 140 valence electrons. The predicted octanol–water partition coefficient (Wildman–Crippen LogP) is 2.64. The zero-order chi connectivity index (χ0) is 19.4. The van der Waals surface area contributed by atoms with Gasteiger partial charge < -0.3 is 9.47 Å². The van der Waals surface area contributed by atoms with Gasteiger partial charge in [-0.05, 0) is 36.8 Å². The highest BCUT2D eigenvalue weighted by Gasteiger charge is 2.48. The fraction of sp³-hybridized carbons (Fsp3) is 0.286. The van der Waals surface area contributed by atoms with Gasteiger partial charge in [-0.15, -0.1) is 0 Å². The van der Waals surface area contributed by atoms with Gasteiger partial charge in [0, 0.05) is 18.0 Å². The molecule has 0 aliphatic carbocycles. The number of carbonyl (C=O) groups is 3. The van der Waals surface area contributed by atoms with E-state index in [1.54, 1.807) is 31.2 Å². The van der Waals surface area contributed by atoms with Crippen LogP contribution in [-0.2, 0) is 14.3 Å². The number of rotatable bonds is 5. The molecular formula is C21H21NO5. The highest BCUT2D eigenvalue weighted by molar-refractivity contribution is 6.12. The number of benzene rings is 2. The van der Waals surface area contributed by atoms with Crippen LogP contribution in [0.3, 0.4) is 0 Å². The Hall–Kier alpha value is -3.15. The molecule has 2 aromatic carbocycles. The number of imide groups is 1. The van der Waals surface area contributed by atoms with E-state index in [9.17, 15) is 14.4 Å². The van der Waals surface area contributed by atoms with E-state index >= 15 is 0 Å². The van der Waals surface area contributed by atoms with Gasteiger partial charge in [0.1, 0.15) is 11.7 Å². The standard InChI is InChI=1S/C21H21NO5/c1-3-27-21(25)18-17(14-7-5-4-6-8-14)13-22(20(18)24)19(23)15-9-11-16(26-2)12-10-15/h4-12,17-18H,3,13H2,1-2H3/t17-,18-/m1/s1. The topological polar surface area (TPSA) is 72.9 Å². The van der Waals surface area contributed by atoms with Crippen LogP contribution in [0.1, 0.15) is 28.8 Å². The molecule has 1 aliphatic rings. The SMILES string of the molecule is CCOC(=O)[C@H]1C(=O)N(C(=O)c2ccc(OC)cc2)C[C@@H]1c1ccccc1. The smallest absolute Gasteiger partial charge is 0.319 e. The lowest BCUT2D eigenvalue weighted by Gasteiger charge is -2.15. The van der Waals surface area contributed by atoms with E-state index in [0.29, 0.717) is 11.3 Å². The molecule has 2 aromatic rings. The molecule has 1 heterocycles. The molecular weight excluding hydrogens is 346 g/mol. The summed E-state index contributed by atoms with van der Waals surface area (Å²) in [6, 6.07) is 15.8. The average molecular weight is 367 g/mol. The van der Waals surface area contributed by atoms with Crippen molar-refractivity contribution in [3.8, 4) is 5.75 Å². The van der Waals surface area contributed by atoms with E-state index in [1.807, 2.05) is 30.3 Å². The third-order valence-corrected chi connectivity index (χ3v) is 4.66. The Morgan fingerprint density at radius 1 is 1.07 bits per heavy atom. The van der Waals surface area contributed by atoms with Gasteiger partial charge in [-0.1, -0.05) is 30.3 Å². The number of carbonyl (C=O) groups excluding carboxylic acids is 3. The molecule has 1 aliphatic heterocycles. The summed E-state index contributed by atoms with van der Waals surface area (Å²) in [5.41, 5.74) is 1.19. The summed E-state index contributed by atoms with van der Waals surface area (Å²) in [6.07, 6.45) is 0. The molecule has 6 heteroatoms. The van der Waals surface area contributed by atoms with E-state index in [2.05, 4.69) is 0 Å². The molecule has 0 N–H and O–H groups in total. The summed E-state index contributed by atoms with van der Waals surface area (Å²) in [4.78, 5) is 39.4. The maximum absolute atomic E-state index is 12.9. The molecule has 0 bridgehead atoms.